The van der Waals surface area contributed by atoms with Gasteiger partial charge >= 0.3 is 0 Å². The molecular weight excluding hydrogens is 330 g/mol. The van der Waals surface area contributed by atoms with Crippen LogP contribution in [0.1, 0.15) is 31.0 Å². The van der Waals surface area contributed by atoms with Crippen molar-refractivity contribution in [2.24, 2.45) is 0 Å². The summed E-state index contributed by atoms with van der Waals surface area (Å²) in [6.07, 6.45) is 1.61. The zero-order valence-corrected chi connectivity index (χ0v) is 14.8. The molecule has 0 aliphatic heterocycles. The number of nitrogens with zero attached hydrogens (tertiary/aromatic N) is 4. The van der Waals surface area contributed by atoms with Crippen LogP contribution in [0.4, 0.5) is 11.4 Å². The van der Waals surface area contributed by atoms with E-state index in [1.54, 1.807) is 19.3 Å². The van der Waals surface area contributed by atoms with E-state index in [1.807, 2.05) is 25.3 Å². The summed E-state index contributed by atoms with van der Waals surface area (Å²) in [5.41, 5.74) is 1.70. The molecule has 8 nitrogen and oxygen atoms in total. The van der Waals surface area contributed by atoms with Crippen molar-refractivity contribution in [2.75, 3.05) is 11.1 Å². The van der Waals surface area contributed by atoms with Crippen molar-refractivity contribution >= 4 is 29.0 Å². The van der Waals surface area contributed by atoms with Crippen molar-refractivity contribution in [3.8, 4) is 0 Å². The number of aromatic nitrogens is 3. The number of hydrogen-bond donors (Lipinski definition) is 1. The summed E-state index contributed by atoms with van der Waals surface area (Å²) in [7, 11) is 0. The second-order valence-electron chi connectivity index (χ2n) is 5.61. The van der Waals surface area contributed by atoms with Crippen LogP contribution in [0.5, 0.6) is 0 Å². The molecule has 0 saturated carbocycles. The molecule has 0 aliphatic carbocycles. The minimum atomic E-state index is -0.495. The first kappa shape index (κ1) is 17.9. The molecule has 1 aromatic carbocycles. The molecule has 0 unspecified atom stereocenters. The fourth-order valence-electron chi connectivity index (χ4n) is 2.11. The molecular formula is C15H19N5O3S. The van der Waals surface area contributed by atoms with Crippen molar-refractivity contribution < 1.29 is 9.72 Å². The number of hydrogen-bond acceptors (Lipinski definition) is 6. The molecule has 0 saturated heterocycles. The molecule has 1 aromatic heterocycles. The summed E-state index contributed by atoms with van der Waals surface area (Å²) in [6.45, 7) is 7.58. The van der Waals surface area contributed by atoms with Crippen LogP contribution in [0.15, 0.2) is 23.6 Å². The van der Waals surface area contributed by atoms with Gasteiger partial charge < -0.3 is 9.88 Å². The molecule has 24 heavy (non-hydrogen) atoms. The third kappa shape index (κ3) is 3.91. The monoisotopic (exact) mass is 349 g/mol. The van der Waals surface area contributed by atoms with Crippen LogP contribution in [0.3, 0.4) is 0 Å². The van der Waals surface area contributed by atoms with E-state index < -0.39 is 4.92 Å². The smallest absolute Gasteiger partial charge is 0.293 e. The number of aryl methyl sites for hydroxylation is 1. The first-order chi connectivity index (χ1) is 11.3. The molecule has 1 heterocycles. The number of thioether (sulfide) groups is 1. The first-order valence-corrected chi connectivity index (χ1v) is 8.36. The van der Waals surface area contributed by atoms with Gasteiger partial charge in [0.1, 0.15) is 12.0 Å². The van der Waals surface area contributed by atoms with Crippen LogP contribution in [-0.4, -0.2) is 31.3 Å². The number of amides is 1. The first-order valence-electron chi connectivity index (χ1n) is 7.38. The van der Waals surface area contributed by atoms with Crippen LogP contribution in [0.2, 0.25) is 0 Å². The minimum Gasteiger partial charge on any atom is -0.319 e. The molecule has 1 amide bonds. The molecule has 0 bridgehead atoms. The summed E-state index contributed by atoms with van der Waals surface area (Å²) < 4.78 is 1.86. The van der Waals surface area contributed by atoms with Crippen molar-refractivity contribution in [1.82, 2.24) is 14.8 Å². The summed E-state index contributed by atoms with van der Waals surface area (Å²) in [5, 5.41) is 22.3. The average molecular weight is 349 g/mol. The van der Waals surface area contributed by atoms with Crippen LogP contribution in [0.25, 0.3) is 0 Å². The van der Waals surface area contributed by atoms with Gasteiger partial charge in [-0.25, -0.2) is 0 Å². The van der Waals surface area contributed by atoms with Crippen LogP contribution < -0.4 is 5.32 Å². The minimum absolute atomic E-state index is 0.0932. The Morgan fingerprint density at radius 3 is 2.75 bits per heavy atom. The Morgan fingerprint density at radius 2 is 2.12 bits per heavy atom. The zero-order chi connectivity index (χ0) is 17.9. The summed E-state index contributed by atoms with van der Waals surface area (Å²) in [5.74, 6) is -0.231. The van der Waals surface area contributed by atoms with Gasteiger partial charge in [0.15, 0.2) is 5.16 Å². The highest BCUT2D eigenvalue weighted by atomic mass is 32.2. The lowest BCUT2D eigenvalue weighted by molar-refractivity contribution is -0.384. The van der Waals surface area contributed by atoms with Gasteiger partial charge in [0.05, 0.1) is 10.7 Å². The number of carbonyl (C=O) groups is 1. The second kappa shape index (κ2) is 7.43. The predicted molar refractivity (Wildman–Crippen MR) is 92.3 cm³/mol. The molecule has 128 valence electrons. The molecule has 0 aliphatic rings. The summed E-state index contributed by atoms with van der Waals surface area (Å²) in [4.78, 5) is 22.9. The molecule has 0 fully saturated rings. The van der Waals surface area contributed by atoms with Gasteiger partial charge in [-0.05, 0) is 38.8 Å². The SMILES string of the molecule is Cc1ccc([N+](=O)[O-])c(NC(=O)CSc2nncn2C(C)C)c1C. The van der Waals surface area contributed by atoms with Crippen LogP contribution >= 0.6 is 11.8 Å². The van der Waals surface area contributed by atoms with Crippen molar-refractivity contribution in [3.05, 3.63) is 39.7 Å². The van der Waals surface area contributed by atoms with Crippen molar-refractivity contribution in [1.29, 1.82) is 0 Å². The van der Waals surface area contributed by atoms with E-state index in [2.05, 4.69) is 15.5 Å². The van der Waals surface area contributed by atoms with Crippen LogP contribution in [0, 0.1) is 24.0 Å². The topological polar surface area (TPSA) is 103 Å². The van der Waals surface area contributed by atoms with Gasteiger partial charge in [-0.1, -0.05) is 17.8 Å². The van der Waals surface area contributed by atoms with E-state index in [4.69, 9.17) is 0 Å². The molecule has 2 aromatic rings. The highest BCUT2D eigenvalue weighted by Crippen LogP contribution is 2.30. The lowest BCUT2D eigenvalue weighted by atomic mass is 10.1. The fraction of sp³-hybridized carbons (Fsp3) is 0.400. The maximum absolute atomic E-state index is 12.2. The quantitative estimate of drug-likeness (QED) is 0.488. The maximum Gasteiger partial charge on any atom is 0.293 e. The van der Waals surface area contributed by atoms with E-state index in [9.17, 15) is 14.9 Å². The van der Waals surface area contributed by atoms with Gasteiger partial charge in [-0.15, -0.1) is 10.2 Å². The van der Waals surface area contributed by atoms with Crippen LogP contribution in [-0.2, 0) is 4.79 Å². The summed E-state index contributed by atoms with van der Waals surface area (Å²) in [6, 6.07) is 3.26. The van der Waals surface area contributed by atoms with Gasteiger partial charge in [-0.2, -0.15) is 0 Å². The van der Waals surface area contributed by atoms with E-state index in [-0.39, 0.29) is 29.1 Å². The molecule has 1 N–H and O–H groups in total. The molecule has 0 spiro atoms. The highest BCUT2D eigenvalue weighted by Gasteiger charge is 2.20. The lowest BCUT2D eigenvalue weighted by Crippen LogP contribution is -2.17. The Kier molecular flexibility index (Phi) is 5.55. The Morgan fingerprint density at radius 1 is 1.42 bits per heavy atom. The number of nitrogens with one attached hydrogen (secondary N) is 1. The molecule has 0 atom stereocenters. The lowest BCUT2D eigenvalue weighted by Gasteiger charge is -2.12. The average Bonchev–Trinajstić information content (AvgIpc) is 2.98. The fourth-order valence-corrected chi connectivity index (χ4v) is 2.95. The number of nitro benzene ring substituents is 1. The number of anilines is 1. The normalized spacial score (nSPS) is 10.9. The highest BCUT2D eigenvalue weighted by molar-refractivity contribution is 7.99. The third-order valence-electron chi connectivity index (χ3n) is 3.60. The number of carbonyl (C=O) groups excluding carboxylic acids is 1. The van der Waals surface area contributed by atoms with Crippen molar-refractivity contribution in [2.45, 2.75) is 38.9 Å². The van der Waals surface area contributed by atoms with E-state index in [0.717, 1.165) is 5.56 Å². The standard InChI is InChI=1S/C15H19N5O3S/c1-9(2)19-8-16-18-15(19)24-7-13(21)17-14-11(4)10(3)5-6-12(14)20(22)23/h5-6,8-9H,7H2,1-4H3,(H,17,21). The Labute approximate surface area is 143 Å². The molecule has 2 rings (SSSR count). The van der Waals surface area contributed by atoms with Gasteiger partial charge in [0, 0.05) is 12.1 Å². The van der Waals surface area contributed by atoms with E-state index in [1.165, 1.54) is 17.8 Å². The Bertz CT molecular complexity index is 772. The largest absolute Gasteiger partial charge is 0.319 e. The number of nitro groups is 1. The van der Waals surface area contributed by atoms with Gasteiger partial charge in [0.2, 0.25) is 5.91 Å². The second-order valence-corrected chi connectivity index (χ2v) is 6.55. The molecule has 0 radical (unpaired) electrons. The zero-order valence-electron chi connectivity index (χ0n) is 13.9. The van der Waals surface area contributed by atoms with Crippen molar-refractivity contribution in [3.63, 3.8) is 0 Å². The van der Waals surface area contributed by atoms with Gasteiger partial charge in [0.25, 0.3) is 5.69 Å². The number of benzene rings is 1. The molecule has 9 heteroatoms. The predicted octanol–water partition coefficient (Wildman–Crippen LogP) is 3.11. The summed E-state index contributed by atoms with van der Waals surface area (Å²) >= 11 is 1.24. The van der Waals surface area contributed by atoms with E-state index >= 15 is 0 Å². The Hall–Kier alpha value is -2.42. The van der Waals surface area contributed by atoms with E-state index in [0.29, 0.717) is 10.7 Å². The Balaban J connectivity index is 2.12. The number of rotatable bonds is 6. The third-order valence-corrected chi connectivity index (χ3v) is 4.56. The van der Waals surface area contributed by atoms with Gasteiger partial charge in [-0.3, -0.25) is 14.9 Å². The maximum atomic E-state index is 12.2.